The molecule has 0 bridgehead atoms. The van der Waals surface area contributed by atoms with Crippen LogP contribution in [0.15, 0.2) is 12.7 Å². The van der Waals surface area contributed by atoms with Gasteiger partial charge < -0.3 is 4.74 Å². The first-order chi connectivity index (χ1) is 15.7. The van der Waals surface area contributed by atoms with E-state index in [1.165, 1.54) is 122 Å². The van der Waals surface area contributed by atoms with Gasteiger partial charge in [-0.1, -0.05) is 57.9 Å². The van der Waals surface area contributed by atoms with Crippen LogP contribution >= 0.6 is 0 Å². The van der Waals surface area contributed by atoms with Crippen molar-refractivity contribution in [1.29, 1.82) is 0 Å². The van der Waals surface area contributed by atoms with Crippen molar-refractivity contribution in [2.45, 2.75) is 140 Å². The first-order valence-electron chi connectivity index (χ1n) is 14.3. The summed E-state index contributed by atoms with van der Waals surface area (Å²) in [6, 6.07) is 2.69. The number of carbonyl (C=O) groups is 1. The summed E-state index contributed by atoms with van der Waals surface area (Å²) in [4.78, 5) is 14.4. The summed E-state index contributed by atoms with van der Waals surface area (Å²) in [7, 11) is 0. The average molecular weight is 444 g/mol. The lowest BCUT2D eigenvalue weighted by Gasteiger charge is -2.49. The normalized spacial score (nSPS) is 33.2. The summed E-state index contributed by atoms with van der Waals surface area (Å²) < 4.78 is 5.21. The molecule has 0 aromatic heterocycles. The molecule has 0 unspecified atom stereocenters. The van der Waals surface area contributed by atoms with Gasteiger partial charge in [0.1, 0.15) is 0 Å². The Labute approximate surface area is 197 Å². The Balaban J connectivity index is 1.23. The second-order valence-electron chi connectivity index (χ2n) is 11.5. The summed E-state index contributed by atoms with van der Waals surface area (Å²) in [5.41, 5.74) is 0. The zero-order chi connectivity index (χ0) is 22.2. The molecule has 3 heteroatoms. The molecule has 32 heavy (non-hydrogen) atoms. The third kappa shape index (κ3) is 6.61. The van der Waals surface area contributed by atoms with E-state index in [0.717, 1.165) is 42.3 Å². The van der Waals surface area contributed by atoms with Gasteiger partial charge in [-0.2, -0.15) is 0 Å². The maximum Gasteiger partial charge on any atom is 0.330 e. The van der Waals surface area contributed by atoms with E-state index in [1.807, 2.05) is 0 Å². The molecular weight excluding hydrogens is 394 g/mol. The van der Waals surface area contributed by atoms with Crippen molar-refractivity contribution in [1.82, 2.24) is 4.90 Å². The molecule has 0 atom stereocenters. The van der Waals surface area contributed by atoms with E-state index in [1.54, 1.807) is 0 Å². The van der Waals surface area contributed by atoms with Crippen molar-refractivity contribution in [3.63, 3.8) is 0 Å². The Morgan fingerprint density at radius 3 is 1.66 bits per heavy atom. The van der Waals surface area contributed by atoms with Crippen LogP contribution < -0.4 is 0 Å². The SMILES string of the molecule is C=CC(=O)OCCC1CCC(C2CCC(N(C3CCCCC3)C3CCCCC3)CC2)CC1. The molecule has 0 aromatic rings. The van der Waals surface area contributed by atoms with Crippen LogP contribution in [-0.2, 0) is 9.53 Å². The third-order valence-corrected chi connectivity index (χ3v) is 9.65. The molecule has 0 heterocycles. The van der Waals surface area contributed by atoms with Crippen molar-refractivity contribution in [2.24, 2.45) is 17.8 Å². The molecule has 0 N–H and O–H groups in total. The minimum absolute atomic E-state index is 0.272. The largest absolute Gasteiger partial charge is 0.463 e. The molecule has 0 saturated heterocycles. The smallest absolute Gasteiger partial charge is 0.330 e. The fourth-order valence-corrected chi connectivity index (χ4v) is 7.86. The molecule has 4 aliphatic carbocycles. The minimum atomic E-state index is -0.272. The van der Waals surface area contributed by atoms with Crippen LogP contribution in [-0.4, -0.2) is 35.6 Å². The number of hydrogen-bond donors (Lipinski definition) is 0. The molecule has 0 spiro atoms. The van der Waals surface area contributed by atoms with E-state index in [4.69, 9.17) is 4.74 Å². The maximum absolute atomic E-state index is 11.2. The van der Waals surface area contributed by atoms with Gasteiger partial charge in [0, 0.05) is 24.2 Å². The second-order valence-corrected chi connectivity index (χ2v) is 11.5. The number of nitrogens with zero attached hydrogens (tertiary/aromatic N) is 1. The molecule has 4 saturated carbocycles. The first-order valence-corrected chi connectivity index (χ1v) is 14.3. The number of carbonyl (C=O) groups excluding carboxylic acids is 1. The Morgan fingerprint density at radius 2 is 1.16 bits per heavy atom. The highest BCUT2D eigenvalue weighted by Gasteiger charge is 2.37. The van der Waals surface area contributed by atoms with Gasteiger partial charge in [0.05, 0.1) is 6.61 Å². The number of hydrogen-bond acceptors (Lipinski definition) is 3. The molecule has 4 rings (SSSR count). The lowest BCUT2D eigenvalue weighted by atomic mass is 9.69. The van der Waals surface area contributed by atoms with Gasteiger partial charge in [-0.05, 0) is 88.4 Å². The van der Waals surface area contributed by atoms with Crippen molar-refractivity contribution in [3.05, 3.63) is 12.7 Å². The van der Waals surface area contributed by atoms with Gasteiger partial charge in [-0.25, -0.2) is 4.79 Å². The van der Waals surface area contributed by atoms with Crippen LogP contribution in [0.25, 0.3) is 0 Å². The van der Waals surface area contributed by atoms with Gasteiger partial charge in [-0.3, -0.25) is 4.90 Å². The Bertz CT molecular complexity index is 544. The van der Waals surface area contributed by atoms with E-state index in [9.17, 15) is 4.79 Å². The zero-order valence-electron chi connectivity index (χ0n) is 20.7. The predicted octanol–water partition coefficient (Wildman–Crippen LogP) is 7.44. The van der Waals surface area contributed by atoms with Crippen molar-refractivity contribution < 1.29 is 9.53 Å². The van der Waals surface area contributed by atoms with Crippen LogP contribution in [0.5, 0.6) is 0 Å². The molecule has 3 nitrogen and oxygen atoms in total. The summed E-state index contributed by atoms with van der Waals surface area (Å²) in [6.07, 6.45) is 28.4. The molecule has 182 valence electrons. The Hall–Kier alpha value is -0.830. The highest BCUT2D eigenvalue weighted by molar-refractivity contribution is 5.81. The Morgan fingerprint density at radius 1 is 0.688 bits per heavy atom. The zero-order valence-corrected chi connectivity index (χ0v) is 20.7. The lowest BCUT2D eigenvalue weighted by Crippen LogP contribution is -2.52. The minimum Gasteiger partial charge on any atom is -0.463 e. The molecular formula is C29H49NO2. The molecule has 0 aromatic carbocycles. The van der Waals surface area contributed by atoms with Crippen LogP contribution in [0.4, 0.5) is 0 Å². The molecule has 4 aliphatic rings. The number of esters is 1. The monoisotopic (exact) mass is 443 g/mol. The topological polar surface area (TPSA) is 29.5 Å². The van der Waals surface area contributed by atoms with E-state index < -0.39 is 0 Å². The number of ether oxygens (including phenoxy) is 1. The third-order valence-electron chi connectivity index (χ3n) is 9.65. The standard InChI is InChI=1S/C29H49NO2/c1-2-29(31)32-22-21-23-13-15-24(16-14-23)25-17-19-28(20-18-25)30(26-9-5-3-6-10-26)27-11-7-4-8-12-27/h2,23-28H,1,3-22H2. The van der Waals surface area contributed by atoms with Crippen LogP contribution in [0.3, 0.4) is 0 Å². The summed E-state index contributed by atoms with van der Waals surface area (Å²) in [5, 5.41) is 0. The van der Waals surface area contributed by atoms with Gasteiger partial charge in [0.25, 0.3) is 0 Å². The van der Waals surface area contributed by atoms with Crippen LogP contribution in [0.2, 0.25) is 0 Å². The highest BCUT2D eigenvalue weighted by Crippen LogP contribution is 2.43. The first kappa shape index (κ1) is 24.3. The van der Waals surface area contributed by atoms with Crippen LogP contribution in [0, 0.1) is 17.8 Å². The van der Waals surface area contributed by atoms with E-state index >= 15 is 0 Å². The fraction of sp³-hybridized carbons (Fsp3) is 0.897. The highest BCUT2D eigenvalue weighted by atomic mass is 16.5. The summed E-state index contributed by atoms with van der Waals surface area (Å²) in [6.45, 7) is 4.05. The van der Waals surface area contributed by atoms with Gasteiger partial charge in [-0.15, -0.1) is 0 Å². The molecule has 0 amide bonds. The summed E-state index contributed by atoms with van der Waals surface area (Å²) in [5.74, 6) is 2.42. The van der Waals surface area contributed by atoms with Gasteiger partial charge in [0.2, 0.25) is 0 Å². The predicted molar refractivity (Wildman–Crippen MR) is 133 cm³/mol. The van der Waals surface area contributed by atoms with Crippen molar-refractivity contribution >= 4 is 5.97 Å². The number of rotatable bonds is 8. The maximum atomic E-state index is 11.2. The van der Waals surface area contributed by atoms with E-state index in [2.05, 4.69) is 11.5 Å². The molecule has 0 aliphatic heterocycles. The fourth-order valence-electron chi connectivity index (χ4n) is 7.86. The van der Waals surface area contributed by atoms with Crippen molar-refractivity contribution in [2.75, 3.05) is 6.61 Å². The lowest BCUT2D eigenvalue weighted by molar-refractivity contribution is -0.138. The van der Waals surface area contributed by atoms with Crippen molar-refractivity contribution in [3.8, 4) is 0 Å². The van der Waals surface area contributed by atoms with E-state index in [-0.39, 0.29) is 5.97 Å². The van der Waals surface area contributed by atoms with Gasteiger partial charge >= 0.3 is 5.97 Å². The average Bonchev–Trinajstić information content (AvgIpc) is 2.86. The van der Waals surface area contributed by atoms with E-state index in [0.29, 0.717) is 6.61 Å². The molecule has 0 radical (unpaired) electrons. The second kappa shape index (κ2) is 12.6. The van der Waals surface area contributed by atoms with Gasteiger partial charge in [0.15, 0.2) is 0 Å². The van der Waals surface area contributed by atoms with Crippen LogP contribution in [0.1, 0.15) is 122 Å². The Kier molecular flexibility index (Phi) is 9.55. The molecule has 4 fully saturated rings. The summed E-state index contributed by atoms with van der Waals surface area (Å²) >= 11 is 0. The quantitative estimate of drug-likeness (QED) is 0.288.